The van der Waals surface area contributed by atoms with Gasteiger partial charge in [0.1, 0.15) is 11.9 Å². The largest absolute Gasteiger partial charge is 0.324 e. The zero-order valence-corrected chi connectivity index (χ0v) is 18.6. The minimum absolute atomic E-state index is 0. The average Bonchev–Trinajstić information content (AvgIpc) is 3.22. The molecule has 4 aromatic rings. The Morgan fingerprint density at radius 3 is 2.39 bits per heavy atom. The molecule has 1 aliphatic heterocycles. The van der Waals surface area contributed by atoms with Crippen LogP contribution in [0.4, 0.5) is 16.3 Å². The fourth-order valence-electron chi connectivity index (χ4n) is 3.59. The third-order valence-corrected chi connectivity index (χ3v) is 5.44. The Hall–Kier alpha value is -3.68. The molecular formula is C24H18Cl2FN5O. The fraction of sp³-hybridized carbons (Fsp3) is 0.0417. The van der Waals surface area contributed by atoms with Crippen LogP contribution in [0.2, 0.25) is 5.02 Å². The van der Waals surface area contributed by atoms with Crippen LogP contribution in [0.5, 0.6) is 0 Å². The Morgan fingerprint density at radius 2 is 1.70 bits per heavy atom. The van der Waals surface area contributed by atoms with Gasteiger partial charge in [-0.25, -0.2) is 9.07 Å². The molecule has 3 aromatic carbocycles. The molecule has 166 valence electrons. The summed E-state index contributed by atoms with van der Waals surface area (Å²) in [6.45, 7) is 0. The smallest absolute Gasteiger partial charge is 0.258 e. The van der Waals surface area contributed by atoms with Gasteiger partial charge < -0.3 is 5.32 Å². The Labute approximate surface area is 200 Å². The average molecular weight is 482 g/mol. The quantitative estimate of drug-likeness (QED) is 0.386. The van der Waals surface area contributed by atoms with Crippen LogP contribution >= 0.6 is 24.0 Å². The Morgan fingerprint density at radius 1 is 1.00 bits per heavy atom. The lowest BCUT2D eigenvalue weighted by molar-refractivity contribution is 0.102. The maximum atomic E-state index is 14.8. The van der Waals surface area contributed by atoms with Crippen LogP contribution in [-0.2, 0) is 0 Å². The lowest BCUT2D eigenvalue weighted by Gasteiger charge is -2.25. The first kappa shape index (κ1) is 22.5. The number of halogens is 3. The summed E-state index contributed by atoms with van der Waals surface area (Å²) >= 11 is 6.37. The number of carbonyl (C=O) groups is 1. The summed E-state index contributed by atoms with van der Waals surface area (Å²) in [5.74, 6) is -0.338. The number of benzene rings is 3. The van der Waals surface area contributed by atoms with Crippen LogP contribution in [0.15, 0.2) is 84.9 Å². The van der Waals surface area contributed by atoms with Crippen molar-refractivity contribution >= 4 is 47.5 Å². The molecule has 33 heavy (non-hydrogen) atoms. The number of hydrogen-bond acceptors (Lipinski definition) is 4. The molecule has 0 spiro atoms. The molecule has 6 nitrogen and oxygen atoms in total. The van der Waals surface area contributed by atoms with Gasteiger partial charge in [-0.1, -0.05) is 66.2 Å². The van der Waals surface area contributed by atoms with Crippen molar-refractivity contribution in [3.05, 3.63) is 112 Å². The Kier molecular flexibility index (Phi) is 6.44. The highest BCUT2D eigenvalue weighted by Crippen LogP contribution is 2.37. The van der Waals surface area contributed by atoms with Gasteiger partial charge in [0.05, 0.1) is 0 Å². The highest BCUT2D eigenvalue weighted by molar-refractivity contribution is 6.31. The molecule has 0 aliphatic carbocycles. The number of carbonyl (C=O) groups excluding carboxylic acids is 1. The number of allylic oxidation sites excluding steroid dienone is 1. The summed E-state index contributed by atoms with van der Waals surface area (Å²) in [6.07, 6.45) is 1.84. The predicted molar refractivity (Wildman–Crippen MR) is 129 cm³/mol. The van der Waals surface area contributed by atoms with Crippen molar-refractivity contribution in [2.75, 3.05) is 10.6 Å². The van der Waals surface area contributed by atoms with E-state index in [0.717, 1.165) is 11.3 Å². The van der Waals surface area contributed by atoms with Crippen molar-refractivity contribution in [2.24, 2.45) is 0 Å². The Balaban J connectivity index is 0.00000259. The zero-order chi connectivity index (χ0) is 22.1. The van der Waals surface area contributed by atoms with E-state index in [1.54, 1.807) is 36.4 Å². The van der Waals surface area contributed by atoms with Crippen molar-refractivity contribution in [1.29, 1.82) is 0 Å². The van der Waals surface area contributed by atoms with E-state index in [0.29, 0.717) is 11.5 Å². The molecule has 1 aliphatic rings. The topological polar surface area (TPSA) is 71.8 Å². The number of rotatable bonds is 4. The number of anilines is 2. The normalized spacial score (nSPS) is 14.4. The lowest BCUT2D eigenvalue weighted by Crippen LogP contribution is -2.21. The minimum Gasteiger partial charge on any atom is -0.324 e. The number of hydrogen-bond donors (Lipinski definition) is 2. The summed E-state index contributed by atoms with van der Waals surface area (Å²) in [7, 11) is 0. The number of aromatic nitrogens is 3. The van der Waals surface area contributed by atoms with Crippen molar-refractivity contribution in [2.45, 2.75) is 6.04 Å². The molecule has 2 N–H and O–H groups in total. The van der Waals surface area contributed by atoms with Crippen LogP contribution in [-0.4, -0.2) is 20.7 Å². The van der Waals surface area contributed by atoms with Crippen molar-refractivity contribution < 1.29 is 9.18 Å². The maximum Gasteiger partial charge on any atom is 0.258 e. The molecule has 0 radical (unpaired) electrons. The van der Waals surface area contributed by atoms with Gasteiger partial charge in [-0.05, 0) is 35.9 Å². The van der Waals surface area contributed by atoms with Crippen LogP contribution in [0.25, 0.3) is 5.70 Å². The summed E-state index contributed by atoms with van der Waals surface area (Å²) < 4.78 is 16.3. The van der Waals surface area contributed by atoms with E-state index in [1.807, 2.05) is 42.5 Å². The van der Waals surface area contributed by atoms with E-state index in [2.05, 4.69) is 20.7 Å². The van der Waals surface area contributed by atoms with Crippen LogP contribution in [0, 0.1) is 5.82 Å². The molecule has 0 fully saturated rings. The van der Waals surface area contributed by atoms with E-state index in [-0.39, 0.29) is 34.8 Å². The van der Waals surface area contributed by atoms with E-state index in [9.17, 15) is 9.18 Å². The summed E-state index contributed by atoms with van der Waals surface area (Å²) in [4.78, 5) is 17.0. The number of amides is 1. The molecule has 9 heteroatoms. The molecule has 5 rings (SSSR count). The summed E-state index contributed by atoms with van der Waals surface area (Å²) in [5, 5.41) is 10.6. The molecule has 1 atom stereocenters. The second kappa shape index (κ2) is 9.44. The molecule has 0 saturated carbocycles. The molecule has 1 amide bonds. The van der Waals surface area contributed by atoms with Crippen molar-refractivity contribution in [3.63, 3.8) is 0 Å². The number of fused-ring (bicyclic) bond motifs is 1. The van der Waals surface area contributed by atoms with Crippen molar-refractivity contribution in [1.82, 2.24) is 14.8 Å². The van der Waals surface area contributed by atoms with Gasteiger partial charge in [0.2, 0.25) is 5.95 Å². The second-order valence-electron chi connectivity index (χ2n) is 7.18. The highest BCUT2D eigenvalue weighted by Gasteiger charge is 2.29. The Bertz CT molecular complexity index is 1310. The predicted octanol–water partition coefficient (Wildman–Crippen LogP) is 5.80. The van der Waals surface area contributed by atoms with Gasteiger partial charge in [-0.15, -0.1) is 17.5 Å². The molecule has 0 bridgehead atoms. The molecule has 0 saturated heterocycles. The highest BCUT2D eigenvalue weighted by atomic mass is 35.5. The number of nitrogens with zero attached hydrogens (tertiary/aromatic N) is 3. The standard InChI is InChI=1S/C24H17ClFN5O.ClH/c25-17-12-7-13-18(26)21(17)20-14-19(15-8-3-1-4-9-15)27-24-29-23(30-31(20)24)28-22(32)16-10-5-2-6-11-16;/h1-14,20H,(H2,27,28,29,30,32);1H. The van der Waals surface area contributed by atoms with Crippen LogP contribution in [0.3, 0.4) is 0 Å². The maximum absolute atomic E-state index is 14.8. The van der Waals surface area contributed by atoms with Gasteiger partial charge in [0.15, 0.2) is 0 Å². The summed E-state index contributed by atoms with van der Waals surface area (Å²) in [5.41, 5.74) is 2.38. The van der Waals surface area contributed by atoms with E-state index in [4.69, 9.17) is 11.6 Å². The monoisotopic (exact) mass is 481 g/mol. The molecular weight excluding hydrogens is 464 g/mol. The SMILES string of the molecule is Cl.O=C(Nc1nc2n(n1)C(c1c(F)cccc1Cl)C=C(c1ccccc1)N2)c1ccccc1. The molecule has 1 unspecified atom stereocenters. The first-order valence-corrected chi connectivity index (χ1v) is 10.3. The summed E-state index contributed by atoms with van der Waals surface area (Å²) in [6, 6.07) is 22.2. The van der Waals surface area contributed by atoms with Crippen LogP contribution in [0.1, 0.15) is 27.5 Å². The van der Waals surface area contributed by atoms with Crippen LogP contribution < -0.4 is 10.6 Å². The van der Waals surface area contributed by atoms with E-state index >= 15 is 0 Å². The fourth-order valence-corrected chi connectivity index (χ4v) is 3.87. The third-order valence-electron chi connectivity index (χ3n) is 5.11. The van der Waals surface area contributed by atoms with Gasteiger partial charge in [0, 0.05) is 21.8 Å². The number of nitrogens with one attached hydrogen (secondary N) is 2. The second-order valence-corrected chi connectivity index (χ2v) is 7.58. The van der Waals surface area contributed by atoms with Gasteiger partial charge in [-0.3, -0.25) is 10.1 Å². The first-order valence-electron chi connectivity index (χ1n) is 9.91. The van der Waals surface area contributed by atoms with E-state index < -0.39 is 11.9 Å². The van der Waals surface area contributed by atoms with E-state index in [1.165, 1.54) is 10.7 Å². The zero-order valence-electron chi connectivity index (χ0n) is 17.1. The third kappa shape index (κ3) is 4.46. The van der Waals surface area contributed by atoms with Gasteiger partial charge in [0.25, 0.3) is 11.9 Å². The first-order chi connectivity index (χ1) is 15.6. The lowest BCUT2D eigenvalue weighted by atomic mass is 10.0. The van der Waals surface area contributed by atoms with Crippen molar-refractivity contribution in [3.8, 4) is 0 Å². The minimum atomic E-state index is -0.662. The van der Waals surface area contributed by atoms with Gasteiger partial charge >= 0.3 is 0 Å². The van der Waals surface area contributed by atoms with Gasteiger partial charge in [-0.2, -0.15) is 4.98 Å². The molecule has 1 aromatic heterocycles. The molecule has 2 heterocycles.